The van der Waals surface area contributed by atoms with E-state index in [4.69, 9.17) is 0 Å². The molecular formula is C15H16N2O2. The lowest BCUT2D eigenvalue weighted by Gasteiger charge is -2.19. The monoisotopic (exact) mass is 256 g/mol. The molecule has 0 saturated heterocycles. The number of benzene rings is 1. The van der Waals surface area contributed by atoms with Gasteiger partial charge in [0.1, 0.15) is 0 Å². The van der Waals surface area contributed by atoms with Gasteiger partial charge in [0.15, 0.2) is 0 Å². The fraction of sp³-hybridized carbons (Fsp3) is 0.200. The molecule has 0 amide bonds. The van der Waals surface area contributed by atoms with Gasteiger partial charge in [-0.15, -0.1) is 0 Å². The van der Waals surface area contributed by atoms with Crippen molar-refractivity contribution in [3.8, 4) is 0 Å². The minimum Gasteiger partial charge on any atom is -0.478 e. The Kier molecular flexibility index (Phi) is 3.80. The maximum absolute atomic E-state index is 11.2. The van der Waals surface area contributed by atoms with Crippen LogP contribution in [-0.2, 0) is 0 Å². The summed E-state index contributed by atoms with van der Waals surface area (Å²) in [6, 6.07) is 9.10. The number of anilines is 1. The molecule has 0 radical (unpaired) electrons. The van der Waals surface area contributed by atoms with Gasteiger partial charge in [-0.2, -0.15) is 0 Å². The second-order valence-electron chi connectivity index (χ2n) is 4.45. The molecule has 1 unspecified atom stereocenters. The molecular weight excluding hydrogens is 240 g/mol. The summed E-state index contributed by atoms with van der Waals surface area (Å²) in [6.45, 7) is 3.89. The summed E-state index contributed by atoms with van der Waals surface area (Å²) in [4.78, 5) is 15.2. The molecule has 1 aromatic carbocycles. The van der Waals surface area contributed by atoms with Crippen molar-refractivity contribution in [1.29, 1.82) is 0 Å². The average Bonchev–Trinajstić information content (AvgIpc) is 2.41. The molecule has 0 spiro atoms. The van der Waals surface area contributed by atoms with Crippen molar-refractivity contribution in [3.05, 3.63) is 59.4 Å². The molecule has 0 aliphatic rings. The first-order valence-corrected chi connectivity index (χ1v) is 6.09. The summed E-state index contributed by atoms with van der Waals surface area (Å²) in [5.41, 5.74) is 2.94. The number of nitrogens with zero attached hydrogens (tertiary/aromatic N) is 1. The largest absolute Gasteiger partial charge is 0.478 e. The van der Waals surface area contributed by atoms with E-state index in [9.17, 15) is 9.90 Å². The third-order valence-corrected chi connectivity index (χ3v) is 3.07. The number of pyridine rings is 1. The van der Waals surface area contributed by atoms with Crippen LogP contribution in [0.5, 0.6) is 0 Å². The SMILES string of the molecule is Cc1cccc(C(=O)O)c1NC(C)c1ccncc1. The van der Waals surface area contributed by atoms with E-state index in [2.05, 4.69) is 10.3 Å². The van der Waals surface area contributed by atoms with E-state index < -0.39 is 5.97 Å². The maximum atomic E-state index is 11.2. The van der Waals surface area contributed by atoms with E-state index in [-0.39, 0.29) is 6.04 Å². The van der Waals surface area contributed by atoms with E-state index in [0.29, 0.717) is 11.3 Å². The Bertz CT molecular complexity index is 582. The highest BCUT2D eigenvalue weighted by atomic mass is 16.4. The van der Waals surface area contributed by atoms with Gasteiger partial charge in [0.2, 0.25) is 0 Å². The van der Waals surface area contributed by atoms with Crippen LogP contribution in [-0.4, -0.2) is 16.1 Å². The summed E-state index contributed by atoms with van der Waals surface area (Å²) in [5.74, 6) is -0.923. The van der Waals surface area contributed by atoms with Gasteiger partial charge < -0.3 is 10.4 Å². The number of carboxylic acids is 1. The third kappa shape index (κ3) is 2.91. The summed E-state index contributed by atoms with van der Waals surface area (Å²) in [5, 5.41) is 12.5. The van der Waals surface area contributed by atoms with E-state index in [1.54, 1.807) is 24.5 Å². The summed E-state index contributed by atoms with van der Waals surface area (Å²) >= 11 is 0. The van der Waals surface area contributed by atoms with Crippen molar-refractivity contribution < 1.29 is 9.90 Å². The Morgan fingerprint density at radius 2 is 1.95 bits per heavy atom. The summed E-state index contributed by atoms with van der Waals surface area (Å²) < 4.78 is 0. The molecule has 19 heavy (non-hydrogen) atoms. The highest BCUT2D eigenvalue weighted by Crippen LogP contribution is 2.25. The first kappa shape index (κ1) is 13.1. The number of nitrogens with one attached hydrogen (secondary N) is 1. The zero-order valence-electron chi connectivity index (χ0n) is 10.9. The molecule has 4 nitrogen and oxygen atoms in total. The average molecular weight is 256 g/mol. The molecule has 0 fully saturated rings. The van der Waals surface area contributed by atoms with Crippen LogP contribution < -0.4 is 5.32 Å². The Hall–Kier alpha value is -2.36. The van der Waals surface area contributed by atoms with Gasteiger partial charge in [-0.25, -0.2) is 4.79 Å². The fourth-order valence-electron chi connectivity index (χ4n) is 1.99. The van der Waals surface area contributed by atoms with Crippen molar-refractivity contribution in [1.82, 2.24) is 4.98 Å². The molecule has 1 heterocycles. The Labute approximate surface area is 112 Å². The van der Waals surface area contributed by atoms with Crippen molar-refractivity contribution in [3.63, 3.8) is 0 Å². The highest BCUT2D eigenvalue weighted by molar-refractivity contribution is 5.95. The topological polar surface area (TPSA) is 62.2 Å². The van der Waals surface area contributed by atoms with Gasteiger partial charge in [-0.1, -0.05) is 12.1 Å². The van der Waals surface area contributed by atoms with Gasteiger partial charge in [0.05, 0.1) is 11.3 Å². The third-order valence-electron chi connectivity index (χ3n) is 3.07. The molecule has 2 N–H and O–H groups in total. The second kappa shape index (κ2) is 5.52. The summed E-state index contributed by atoms with van der Waals surface area (Å²) in [7, 11) is 0. The molecule has 0 aliphatic carbocycles. The van der Waals surface area contributed by atoms with Gasteiger partial charge in [-0.05, 0) is 43.2 Å². The standard InChI is InChI=1S/C15H16N2O2/c1-10-4-3-5-13(15(18)19)14(10)17-11(2)12-6-8-16-9-7-12/h3-9,11,17H,1-2H3,(H,18,19). The zero-order chi connectivity index (χ0) is 13.8. The van der Waals surface area contributed by atoms with Crippen molar-refractivity contribution in [2.75, 3.05) is 5.32 Å². The van der Waals surface area contributed by atoms with Gasteiger partial charge in [0.25, 0.3) is 0 Å². The van der Waals surface area contributed by atoms with Gasteiger partial charge >= 0.3 is 5.97 Å². The minimum absolute atomic E-state index is 0.0159. The van der Waals surface area contributed by atoms with Crippen LogP contribution in [0.4, 0.5) is 5.69 Å². The number of aromatic nitrogens is 1. The first-order valence-electron chi connectivity index (χ1n) is 6.09. The molecule has 1 aromatic heterocycles. The van der Waals surface area contributed by atoms with Crippen molar-refractivity contribution in [2.24, 2.45) is 0 Å². The Morgan fingerprint density at radius 3 is 2.58 bits per heavy atom. The molecule has 98 valence electrons. The number of hydrogen-bond acceptors (Lipinski definition) is 3. The summed E-state index contributed by atoms with van der Waals surface area (Å²) in [6.07, 6.45) is 3.45. The number of aryl methyl sites for hydroxylation is 1. The minimum atomic E-state index is -0.923. The van der Waals surface area contributed by atoms with Crippen LogP contribution in [0.25, 0.3) is 0 Å². The van der Waals surface area contributed by atoms with Crippen LogP contribution in [0.1, 0.15) is 34.5 Å². The van der Waals surface area contributed by atoms with Crippen LogP contribution in [0.15, 0.2) is 42.7 Å². The number of para-hydroxylation sites is 1. The number of carbonyl (C=O) groups is 1. The van der Waals surface area contributed by atoms with Gasteiger partial charge in [0, 0.05) is 18.4 Å². The normalized spacial score (nSPS) is 11.9. The number of aromatic carboxylic acids is 1. The van der Waals surface area contributed by atoms with Gasteiger partial charge in [-0.3, -0.25) is 4.98 Å². The second-order valence-corrected chi connectivity index (χ2v) is 4.45. The lowest BCUT2D eigenvalue weighted by Crippen LogP contribution is -2.12. The lowest BCUT2D eigenvalue weighted by molar-refractivity contribution is 0.0698. The predicted molar refractivity (Wildman–Crippen MR) is 74.4 cm³/mol. The van der Waals surface area contributed by atoms with E-state index >= 15 is 0 Å². The number of carboxylic acid groups (broad SMARTS) is 1. The smallest absolute Gasteiger partial charge is 0.337 e. The Balaban J connectivity index is 2.31. The van der Waals surface area contributed by atoms with Crippen LogP contribution in [0.3, 0.4) is 0 Å². The fourth-order valence-corrected chi connectivity index (χ4v) is 1.99. The number of rotatable bonds is 4. The maximum Gasteiger partial charge on any atom is 0.337 e. The lowest BCUT2D eigenvalue weighted by atomic mass is 10.1. The zero-order valence-corrected chi connectivity index (χ0v) is 10.9. The van der Waals surface area contributed by atoms with E-state index in [1.165, 1.54) is 0 Å². The quantitative estimate of drug-likeness (QED) is 0.881. The molecule has 1 atom stereocenters. The molecule has 4 heteroatoms. The molecule has 0 saturated carbocycles. The molecule has 2 aromatic rings. The Morgan fingerprint density at radius 1 is 1.26 bits per heavy atom. The predicted octanol–water partition coefficient (Wildman–Crippen LogP) is 3.26. The highest BCUT2D eigenvalue weighted by Gasteiger charge is 2.14. The van der Waals surface area contributed by atoms with E-state index in [0.717, 1.165) is 11.1 Å². The molecule has 0 aliphatic heterocycles. The van der Waals surface area contributed by atoms with Crippen molar-refractivity contribution in [2.45, 2.75) is 19.9 Å². The molecule has 2 rings (SSSR count). The number of hydrogen-bond donors (Lipinski definition) is 2. The van der Waals surface area contributed by atoms with E-state index in [1.807, 2.05) is 32.0 Å². The first-order chi connectivity index (χ1) is 9.09. The van der Waals surface area contributed by atoms with Crippen LogP contribution >= 0.6 is 0 Å². The van der Waals surface area contributed by atoms with Crippen LogP contribution in [0, 0.1) is 6.92 Å². The molecule has 0 bridgehead atoms. The van der Waals surface area contributed by atoms with Crippen LogP contribution in [0.2, 0.25) is 0 Å². The van der Waals surface area contributed by atoms with Crippen molar-refractivity contribution >= 4 is 11.7 Å².